The minimum atomic E-state index is 0.288. The third-order valence-corrected chi connectivity index (χ3v) is 3.17. The van der Waals surface area contributed by atoms with E-state index in [2.05, 4.69) is 15.5 Å². The van der Waals surface area contributed by atoms with Gasteiger partial charge in [0.15, 0.2) is 11.5 Å². The summed E-state index contributed by atoms with van der Waals surface area (Å²) in [5.41, 5.74) is 5.10. The molecule has 2 heterocycles. The van der Waals surface area contributed by atoms with Gasteiger partial charge in [0.25, 0.3) is 0 Å². The van der Waals surface area contributed by atoms with E-state index in [0.29, 0.717) is 0 Å². The molecule has 0 atom stereocenters. The summed E-state index contributed by atoms with van der Waals surface area (Å²) in [5, 5.41) is 10.5. The lowest BCUT2D eigenvalue weighted by atomic mass is 10.0. The fourth-order valence-electron chi connectivity index (χ4n) is 2.23. The molecule has 0 radical (unpaired) electrons. The van der Waals surface area contributed by atoms with Crippen LogP contribution in [0.25, 0.3) is 11.3 Å². The Hall–Kier alpha value is -2.17. The summed E-state index contributed by atoms with van der Waals surface area (Å²) in [6.45, 7) is 4.32. The number of hydrogen-bond donors (Lipinski definition) is 2. The van der Waals surface area contributed by atoms with Gasteiger partial charge >= 0.3 is 0 Å². The van der Waals surface area contributed by atoms with E-state index in [1.807, 2.05) is 33.0 Å². The predicted octanol–water partition coefficient (Wildman–Crippen LogP) is 2.46. The van der Waals surface area contributed by atoms with Gasteiger partial charge < -0.3 is 14.8 Å². The van der Waals surface area contributed by atoms with Gasteiger partial charge in [-0.1, -0.05) is 0 Å². The molecule has 0 saturated carbocycles. The molecule has 1 aliphatic rings. The van der Waals surface area contributed by atoms with E-state index in [0.717, 1.165) is 39.7 Å². The van der Waals surface area contributed by atoms with Gasteiger partial charge in [-0.25, -0.2) is 0 Å². The Kier molecular flexibility index (Phi) is 2.40. The molecule has 94 valence electrons. The van der Waals surface area contributed by atoms with Crippen molar-refractivity contribution in [3.63, 3.8) is 0 Å². The van der Waals surface area contributed by atoms with Crippen LogP contribution in [0, 0.1) is 13.8 Å². The number of aromatic amines is 1. The van der Waals surface area contributed by atoms with Gasteiger partial charge in [-0.3, -0.25) is 5.10 Å². The monoisotopic (exact) mass is 245 g/mol. The first-order valence-corrected chi connectivity index (χ1v) is 5.84. The van der Waals surface area contributed by atoms with Crippen molar-refractivity contribution < 1.29 is 9.47 Å². The molecule has 1 aromatic heterocycles. The van der Waals surface area contributed by atoms with Gasteiger partial charge in [0, 0.05) is 12.6 Å². The van der Waals surface area contributed by atoms with Crippen molar-refractivity contribution in [2.45, 2.75) is 13.8 Å². The first-order valence-electron chi connectivity index (χ1n) is 5.84. The summed E-state index contributed by atoms with van der Waals surface area (Å²) in [6, 6.07) is 3.97. The summed E-state index contributed by atoms with van der Waals surface area (Å²) in [4.78, 5) is 0. The number of benzene rings is 1. The van der Waals surface area contributed by atoms with Crippen LogP contribution < -0.4 is 14.8 Å². The maximum absolute atomic E-state index is 5.42. The van der Waals surface area contributed by atoms with Crippen LogP contribution in [0.2, 0.25) is 0 Å². The van der Waals surface area contributed by atoms with Crippen LogP contribution in [0.5, 0.6) is 11.5 Å². The van der Waals surface area contributed by atoms with Crippen molar-refractivity contribution in [2.24, 2.45) is 0 Å². The highest BCUT2D eigenvalue weighted by Gasteiger charge is 2.19. The highest BCUT2D eigenvalue weighted by Crippen LogP contribution is 2.40. The Balaban J connectivity index is 2.17. The molecule has 2 aromatic rings. The van der Waals surface area contributed by atoms with Crippen molar-refractivity contribution >= 4 is 5.69 Å². The largest absolute Gasteiger partial charge is 0.454 e. The quantitative estimate of drug-likeness (QED) is 0.853. The van der Waals surface area contributed by atoms with Crippen LogP contribution in [0.1, 0.15) is 11.3 Å². The third kappa shape index (κ3) is 1.51. The molecule has 0 saturated heterocycles. The second-order valence-corrected chi connectivity index (χ2v) is 4.34. The molecular weight excluding hydrogens is 230 g/mol. The van der Waals surface area contributed by atoms with E-state index in [9.17, 15) is 0 Å². The lowest BCUT2D eigenvalue weighted by Crippen LogP contribution is -1.93. The second kappa shape index (κ2) is 3.94. The maximum Gasteiger partial charge on any atom is 0.231 e. The standard InChI is InChI=1S/C13H15N3O2/c1-7-4-10-11(18-6-17-10)5-9(7)13-12(14-3)8(2)15-16-13/h4-5,14H,6H2,1-3H3,(H,15,16). The normalized spacial score (nSPS) is 12.8. The number of fused-ring (bicyclic) bond motifs is 1. The summed E-state index contributed by atoms with van der Waals surface area (Å²) in [5.74, 6) is 1.58. The molecule has 0 spiro atoms. The average Bonchev–Trinajstić information content (AvgIpc) is 2.93. The molecule has 1 aliphatic heterocycles. The molecule has 0 amide bonds. The summed E-state index contributed by atoms with van der Waals surface area (Å²) < 4.78 is 10.8. The Labute approximate surface area is 105 Å². The number of nitrogens with one attached hydrogen (secondary N) is 2. The fourth-order valence-corrected chi connectivity index (χ4v) is 2.23. The van der Waals surface area contributed by atoms with Gasteiger partial charge in [-0.15, -0.1) is 0 Å². The molecule has 3 rings (SSSR count). The Morgan fingerprint density at radius 1 is 1.22 bits per heavy atom. The maximum atomic E-state index is 5.42. The SMILES string of the molecule is CNc1c(-c2cc3c(cc2C)OCO3)n[nH]c1C. The molecule has 2 N–H and O–H groups in total. The minimum absolute atomic E-state index is 0.288. The van der Waals surface area contributed by atoms with Gasteiger partial charge in [-0.05, 0) is 31.5 Å². The van der Waals surface area contributed by atoms with E-state index >= 15 is 0 Å². The zero-order chi connectivity index (χ0) is 12.7. The van der Waals surface area contributed by atoms with Crippen molar-refractivity contribution in [3.05, 3.63) is 23.4 Å². The summed E-state index contributed by atoms with van der Waals surface area (Å²) in [6.07, 6.45) is 0. The highest BCUT2D eigenvalue weighted by atomic mass is 16.7. The van der Waals surface area contributed by atoms with Crippen molar-refractivity contribution in [1.29, 1.82) is 0 Å². The van der Waals surface area contributed by atoms with E-state index in [1.165, 1.54) is 0 Å². The van der Waals surface area contributed by atoms with Crippen LogP contribution >= 0.6 is 0 Å². The number of anilines is 1. The molecule has 0 bridgehead atoms. The molecule has 5 nitrogen and oxygen atoms in total. The Bertz CT molecular complexity index is 605. The first kappa shape index (κ1) is 11.0. The summed E-state index contributed by atoms with van der Waals surface area (Å²) in [7, 11) is 1.89. The highest BCUT2D eigenvalue weighted by molar-refractivity contribution is 5.79. The lowest BCUT2D eigenvalue weighted by molar-refractivity contribution is 0.174. The van der Waals surface area contributed by atoms with Gasteiger partial charge in [0.1, 0.15) is 5.69 Å². The Morgan fingerprint density at radius 3 is 2.67 bits per heavy atom. The van der Waals surface area contributed by atoms with Crippen molar-refractivity contribution in [2.75, 3.05) is 19.2 Å². The predicted molar refractivity (Wildman–Crippen MR) is 69.2 cm³/mol. The number of H-pyrrole nitrogens is 1. The van der Waals surface area contributed by atoms with E-state index in [4.69, 9.17) is 9.47 Å². The minimum Gasteiger partial charge on any atom is -0.454 e. The third-order valence-electron chi connectivity index (χ3n) is 3.17. The second-order valence-electron chi connectivity index (χ2n) is 4.34. The average molecular weight is 245 g/mol. The molecule has 0 fully saturated rings. The molecule has 18 heavy (non-hydrogen) atoms. The number of nitrogens with zero attached hydrogens (tertiary/aromatic N) is 1. The molecule has 0 unspecified atom stereocenters. The number of hydrogen-bond acceptors (Lipinski definition) is 4. The molecule has 1 aromatic carbocycles. The van der Waals surface area contributed by atoms with Crippen LogP contribution in [0.15, 0.2) is 12.1 Å². The van der Waals surface area contributed by atoms with Gasteiger partial charge in [0.2, 0.25) is 6.79 Å². The Morgan fingerprint density at radius 2 is 1.94 bits per heavy atom. The number of aromatic nitrogens is 2. The molecule has 5 heteroatoms. The number of rotatable bonds is 2. The number of aryl methyl sites for hydroxylation is 2. The van der Waals surface area contributed by atoms with E-state index in [1.54, 1.807) is 0 Å². The van der Waals surface area contributed by atoms with Crippen LogP contribution in [0.4, 0.5) is 5.69 Å². The van der Waals surface area contributed by atoms with E-state index < -0.39 is 0 Å². The smallest absolute Gasteiger partial charge is 0.231 e. The summed E-state index contributed by atoms with van der Waals surface area (Å²) >= 11 is 0. The van der Waals surface area contributed by atoms with Crippen LogP contribution in [0.3, 0.4) is 0 Å². The lowest BCUT2D eigenvalue weighted by Gasteiger charge is -2.07. The van der Waals surface area contributed by atoms with Crippen LogP contribution in [-0.2, 0) is 0 Å². The van der Waals surface area contributed by atoms with E-state index in [-0.39, 0.29) is 6.79 Å². The molecule has 0 aliphatic carbocycles. The zero-order valence-electron chi connectivity index (χ0n) is 10.6. The zero-order valence-corrected chi connectivity index (χ0v) is 10.6. The fraction of sp³-hybridized carbons (Fsp3) is 0.308. The van der Waals surface area contributed by atoms with Gasteiger partial charge in [-0.2, -0.15) is 5.10 Å². The van der Waals surface area contributed by atoms with Crippen LogP contribution in [-0.4, -0.2) is 24.0 Å². The molecular formula is C13H15N3O2. The number of ether oxygens (including phenoxy) is 2. The van der Waals surface area contributed by atoms with Gasteiger partial charge in [0.05, 0.1) is 11.4 Å². The van der Waals surface area contributed by atoms with Crippen molar-refractivity contribution in [3.8, 4) is 22.8 Å². The topological polar surface area (TPSA) is 59.2 Å². The van der Waals surface area contributed by atoms with Crippen molar-refractivity contribution in [1.82, 2.24) is 10.2 Å². The first-order chi connectivity index (χ1) is 8.70.